The number of unbranched alkanes of at least 4 members (excludes halogenated alkanes) is 12. The van der Waals surface area contributed by atoms with Gasteiger partial charge in [-0.3, -0.25) is 0 Å². The van der Waals surface area contributed by atoms with Gasteiger partial charge in [-0.05, 0) is 119 Å². The van der Waals surface area contributed by atoms with Gasteiger partial charge in [-0.1, -0.05) is 141 Å². The third-order valence-corrected chi connectivity index (χ3v) is 11.6. The molecular formula is C44H62BaO6S2. The molecule has 0 spiro atoms. The third kappa shape index (κ3) is 16.8. The van der Waals surface area contributed by atoms with E-state index in [0.29, 0.717) is 10.8 Å². The first-order valence-corrected chi connectivity index (χ1v) is 22.8. The summed E-state index contributed by atoms with van der Waals surface area (Å²) in [5, 5.41) is 2.85. The van der Waals surface area contributed by atoms with Crippen LogP contribution in [0.4, 0.5) is 0 Å². The largest absolute Gasteiger partial charge is 2.00 e. The number of hydrogen-bond donors (Lipinski definition) is 0. The van der Waals surface area contributed by atoms with Crippen molar-refractivity contribution < 1.29 is 25.9 Å². The summed E-state index contributed by atoms with van der Waals surface area (Å²) in [6.07, 6.45) is 21.8. The van der Waals surface area contributed by atoms with Crippen LogP contribution in [-0.4, -0.2) is 74.8 Å². The molecule has 9 heteroatoms. The van der Waals surface area contributed by atoms with Crippen molar-refractivity contribution in [1.82, 2.24) is 0 Å². The molecule has 0 unspecified atom stereocenters. The van der Waals surface area contributed by atoms with Gasteiger partial charge in [-0.25, -0.2) is 16.8 Å². The van der Waals surface area contributed by atoms with E-state index in [1.807, 2.05) is 36.4 Å². The Hall–Kier alpha value is -1.21. The van der Waals surface area contributed by atoms with Crippen LogP contribution in [0, 0.1) is 0 Å². The second kappa shape index (κ2) is 25.1. The molecule has 53 heavy (non-hydrogen) atoms. The minimum absolute atomic E-state index is 0. The standard InChI is InChI=1S/2C22H32O3S.Ba/c2*1-3-5-7-9-11-18-13-14-20-15-19(12-10-8-6-4-2)17-22(21(20)16-18)26(23,24)25;/h2*13-17H,3-12H2,1-2H3,(H,23,24,25);/q;;+2/p-2. The predicted octanol–water partition coefficient (Wildman–Crippen LogP) is 11.6. The quantitative estimate of drug-likeness (QED) is 0.0441. The van der Waals surface area contributed by atoms with E-state index >= 15 is 0 Å². The Bertz CT molecular complexity index is 1770. The van der Waals surface area contributed by atoms with E-state index in [1.54, 1.807) is 12.1 Å². The van der Waals surface area contributed by atoms with Crippen LogP contribution in [0.3, 0.4) is 0 Å². The summed E-state index contributed by atoms with van der Waals surface area (Å²) in [6.45, 7) is 8.69. The SMILES string of the molecule is CCCCCCc1cc(S(=O)(=O)[O-])c2cc(CCCCCC)ccc2c1.CCCCCCc1cc(S(=O)(=O)[O-])c2cc(CCCCCC)ccc2c1.[Ba+2]. The number of hydrogen-bond acceptors (Lipinski definition) is 6. The molecule has 4 aromatic rings. The van der Waals surface area contributed by atoms with Crippen molar-refractivity contribution in [2.45, 2.75) is 166 Å². The summed E-state index contributed by atoms with van der Waals surface area (Å²) in [5.41, 5.74) is 4.10. The molecule has 288 valence electrons. The summed E-state index contributed by atoms with van der Waals surface area (Å²) < 4.78 is 71.0. The molecule has 0 aliphatic carbocycles. The smallest absolute Gasteiger partial charge is 0.744 e. The second-order valence-corrected chi connectivity index (χ2v) is 17.1. The van der Waals surface area contributed by atoms with Gasteiger partial charge in [-0.15, -0.1) is 0 Å². The van der Waals surface area contributed by atoms with Gasteiger partial charge < -0.3 is 9.11 Å². The first-order valence-electron chi connectivity index (χ1n) is 19.9. The van der Waals surface area contributed by atoms with E-state index in [1.165, 1.54) is 64.2 Å². The van der Waals surface area contributed by atoms with Crippen LogP contribution in [0.5, 0.6) is 0 Å². The van der Waals surface area contributed by atoms with Crippen LogP contribution in [0.1, 0.15) is 153 Å². The molecule has 0 N–H and O–H groups in total. The maximum atomic E-state index is 11.8. The van der Waals surface area contributed by atoms with E-state index in [0.717, 1.165) is 97.2 Å². The fraction of sp³-hybridized carbons (Fsp3) is 0.545. The summed E-state index contributed by atoms with van der Waals surface area (Å²) >= 11 is 0. The average Bonchev–Trinajstić information content (AvgIpc) is 3.11. The topological polar surface area (TPSA) is 114 Å². The minimum atomic E-state index is -4.48. The van der Waals surface area contributed by atoms with Crippen LogP contribution >= 0.6 is 0 Å². The molecule has 0 amide bonds. The van der Waals surface area contributed by atoms with Crippen LogP contribution in [-0.2, 0) is 45.9 Å². The van der Waals surface area contributed by atoms with E-state index in [2.05, 4.69) is 39.8 Å². The number of aryl methyl sites for hydroxylation is 4. The number of fused-ring (bicyclic) bond motifs is 2. The Kier molecular flexibility index (Phi) is 22.7. The Morgan fingerprint density at radius 1 is 0.396 bits per heavy atom. The van der Waals surface area contributed by atoms with E-state index in [9.17, 15) is 25.9 Å². The predicted molar refractivity (Wildman–Crippen MR) is 221 cm³/mol. The molecule has 0 aromatic heterocycles. The molecule has 0 radical (unpaired) electrons. The van der Waals surface area contributed by atoms with E-state index < -0.39 is 20.2 Å². The van der Waals surface area contributed by atoms with Gasteiger partial charge in [0.2, 0.25) is 0 Å². The molecule has 0 saturated heterocycles. The fourth-order valence-corrected chi connectivity index (χ4v) is 8.38. The Labute approximate surface area is 361 Å². The minimum Gasteiger partial charge on any atom is -0.744 e. The van der Waals surface area contributed by atoms with Crippen molar-refractivity contribution in [3.63, 3.8) is 0 Å². The van der Waals surface area contributed by atoms with Gasteiger partial charge in [0.15, 0.2) is 0 Å². The Morgan fingerprint density at radius 3 is 0.981 bits per heavy atom. The zero-order valence-electron chi connectivity index (χ0n) is 32.9. The van der Waals surface area contributed by atoms with Crippen molar-refractivity contribution in [1.29, 1.82) is 0 Å². The Balaban J connectivity index is 0.000000360. The molecule has 0 saturated carbocycles. The van der Waals surface area contributed by atoms with Crippen molar-refractivity contribution in [3.05, 3.63) is 82.9 Å². The van der Waals surface area contributed by atoms with Crippen LogP contribution in [0.15, 0.2) is 70.5 Å². The van der Waals surface area contributed by atoms with Crippen molar-refractivity contribution >= 4 is 90.7 Å². The van der Waals surface area contributed by atoms with Crippen molar-refractivity contribution in [3.8, 4) is 0 Å². The summed E-state index contributed by atoms with van der Waals surface area (Å²) in [7, 11) is -8.97. The molecule has 0 aliphatic rings. The number of benzene rings is 4. The molecule has 0 bridgehead atoms. The zero-order valence-corrected chi connectivity index (χ0v) is 39.0. The third-order valence-electron chi connectivity index (χ3n) is 9.90. The monoisotopic (exact) mass is 888 g/mol. The van der Waals surface area contributed by atoms with Gasteiger partial charge in [0.1, 0.15) is 20.2 Å². The Morgan fingerprint density at radius 2 is 0.698 bits per heavy atom. The summed E-state index contributed by atoms with van der Waals surface area (Å²) in [5.74, 6) is 0. The first kappa shape index (κ1) is 47.9. The molecule has 4 rings (SSSR count). The normalized spacial score (nSPS) is 11.7. The maximum Gasteiger partial charge on any atom is 2.00 e. The van der Waals surface area contributed by atoms with Gasteiger partial charge in [0.05, 0.1) is 9.79 Å². The molecular weight excluding hydrogens is 826 g/mol. The number of rotatable bonds is 22. The first-order chi connectivity index (χ1) is 24.9. The van der Waals surface area contributed by atoms with Gasteiger partial charge in [0, 0.05) is 0 Å². The maximum absolute atomic E-state index is 11.8. The fourth-order valence-electron chi connectivity index (χ4n) is 6.90. The van der Waals surface area contributed by atoms with E-state index in [4.69, 9.17) is 0 Å². The molecule has 0 atom stereocenters. The van der Waals surface area contributed by atoms with Crippen molar-refractivity contribution in [2.75, 3.05) is 0 Å². The summed E-state index contributed by atoms with van der Waals surface area (Å²) in [4.78, 5) is -0.119. The van der Waals surface area contributed by atoms with Gasteiger partial charge in [-0.2, -0.15) is 0 Å². The summed E-state index contributed by atoms with van der Waals surface area (Å²) in [6, 6.07) is 19.1. The molecule has 0 heterocycles. The van der Waals surface area contributed by atoms with Crippen LogP contribution in [0.25, 0.3) is 21.5 Å². The van der Waals surface area contributed by atoms with Crippen molar-refractivity contribution in [2.24, 2.45) is 0 Å². The second-order valence-electron chi connectivity index (χ2n) is 14.4. The van der Waals surface area contributed by atoms with Crippen LogP contribution in [0.2, 0.25) is 0 Å². The molecule has 0 fully saturated rings. The van der Waals surface area contributed by atoms with Gasteiger partial charge in [0.25, 0.3) is 0 Å². The average molecular weight is 888 g/mol. The van der Waals surface area contributed by atoms with Crippen LogP contribution < -0.4 is 0 Å². The van der Waals surface area contributed by atoms with Gasteiger partial charge >= 0.3 is 48.9 Å². The molecule has 6 nitrogen and oxygen atoms in total. The zero-order chi connectivity index (χ0) is 38.0. The molecule has 4 aromatic carbocycles. The van der Waals surface area contributed by atoms with E-state index in [-0.39, 0.29) is 58.7 Å². The molecule has 0 aliphatic heterocycles.